The van der Waals surface area contributed by atoms with Crippen molar-refractivity contribution in [2.24, 2.45) is 0 Å². The molecular formula is C10H12BClNO2. The zero-order valence-corrected chi connectivity index (χ0v) is 9.34. The van der Waals surface area contributed by atoms with Gasteiger partial charge in [-0.25, -0.2) is 0 Å². The fourth-order valence-electron chi connectivity index (χ4n) is 1.34. The maximum atomic E-state index is 9.86. The lowest BCUT2D eigenvalue weighted by molar-refractivity contribution is 0.0796. The van der Waals surface area contributed by atoms with E-state index in [1.165, 1.54) is 0 Å². The molecule has 0 aliphatic rings. The highest BCUT2D eigenvalue weighted by atomic mass is 35.5. The maximum Gasteiger partial charge on any atom is 0.327 e. The molecule has 79 valence electrons. The molecule has 1 radical (unpaired) electrons. The van der Waals surface area contributed by atoms with E-state index in [1.807, 2.05) is 0 Å². The molecule has 0 aromatic heterocycles. The first kappa shape index (κ1) is 12.2. The average Bonchev–Trinajstić information content (AvgIpc) is 2.15. The Bertz CT molecular complexity index is 387. The van der Waals surface area contributed by atoms with Crippen molar-refractivity contribution in [2.75, 3.05) is 0 Å². The number of aliphatic hydroxyl groups is 1. The Balaban J connectivity index is 3.32. The van der Waals surface area contributed by atoms with Crippen LogP contribution in [0.2, 0.25) is 0 Å². The first-order valence-electron chi connectivity index (χ1n) is 4.45. The number of benzene rings is 1. The summed E-state index contributed by atoms with van der Waals surface area (Å²) in [6.45, 7) is 3.22. The van der Waals surface area contributed by atoms with Crippen LogP contribution in [0.5, 0.6) is 0 Å². The van der Waals surface area contributed by atoms with Crippen molar-refractivity contribution >= 4 is 29.7 Å². The van der Waals surface area contributed by atoms with Crippen LogP contribution in [0.4, 0.5) is 0 Å². The lowest BCUT2D eigenvalue weighted by Crippen LogP contribution is -2.29. The molecule has 0 atom stereocenters. The maximum absolute atomic E-state index is 9.86. The molecule has 5 heteroatoms. The van der Waals surface area contributed by atoms with Crippen molar-refractivity contribution in [3.63, 3.8) is 0 Å². The minimum atomic E-state index is -1.09. The van der Waals surface area contributed by atoms with E-state index in [0.29, 0.717) is 16.6 Å². The molecule has 0 spiro atoms. The molecule has 3 N–H and O–H groups in total. The topological polar surface area (TPSA) is 64.3 Å². The van der Waals surface area contributed by atoms with Gasteiger partial charge in [-0.3, -0.25) is 5.41 Å². The number of hydrogen-bond donors (Lipinski definition) is 3. The minimum absolute atomic E-state index is 0.0926. The summed E-state index contributed by atoms with van der Waals surface area (Å²) in [6, 6.07) is 4.82. The van der Waals surface area contributed by atoms with E-state index in [-0.39, 0.29) is 5.17 Å². The molecule has 0 saturated heterocycles. The summed E-state index contributed by atoms with van der Waals surface area (Å²) in [5.74, 6) is 0. The summed E-state index contributed by atoms with van der Waals surface area (Å²) in [5.41, 5.74) is 0.480. The van der Waals surface area contributed by atoms with Crippen LogP contribution < -0.4 is 5.46 Å². The molecule has 1 aromatic rings. The van der Waals surface area contributed by atoms with Gasteiger partial charge in [-0.1, -0.05) is 23.7 Å². The van der Waals surface area contributed by atoms with Crippen LogP contribution in [0.1, 0.15) is 25.0 Å². The largest absolute Gasteiger partial charge is 0.450 e. The Morgan fingerprint density at radius 1 is 1.47 bits per heavy atom. The summed E-state index contributed by atoms with van der Waals surface area (Å²) in [5, 5.41) is 26.0. The number of halogens is 1. The highest BCUT2D eigenvalue weighted by Crippen LogP contribution is 2.19. The molecular weight excluding hydrogens is 212 g/mol. The van der Waals surface area contributed by atoms with E-state index < -0.39 is 5.60 Å². The molecule has 0 fully saturated rings. The van der Waals surface area contributed by atoms with Gasteiger partial charge >= 0.3 is 7.48 Å². The van der Waals surface area contributed by atoms with Gasteiger partial charge in [0.05, 0.1) is 5.60 Å². The van der Waals surface area contributed by atoms with E-state index >= 15 is 0 Å². The Labute approximate surface area is 94.5 Å². The van der Waals surface area contributed by atoms with Gasteiger partial charge in [-0.2, -0.15) is 0 Å². The molecule has 0 saturated carbocycles. The van der Waals surface area contributed by atoms with Gasteiger partial charge in [0.1, 0.15) is 5.17 Å². The second-order valence-electron chi connectivity index (χ2n) is 3.80. The van der Waals surface area contributed by atoms with Crippen molar-refractivity contribution < 1.29 is 10.1 Å². The zero-order valence-electron chi connectivity index (χ0n) is 8.58. The van der Waals surface area contributed by atoms with Crippen LogP contribution in [0, 0.1) is 5.41 Å². The fraction of sp³-hybridized carbons (Fsp3) is 0.300. The van der Waals surface area contributed by atoms with Crippen LogP contribution >= 0.6 is 11.6 Å². The predicted molar refractivity (Wildman–Crippen MR) is 62.0 cm³/mol. The third kappa shape index (κ3) is 2.81. The standard InChI is InChI=1S/C10H12BClNO2/c1-10(2,14)7-5-6(9(12)13)3-4-8(7)11-15/h3-5,13-15H,1-2H3. The Hall–Kier alpha value is -0.835. The molecule has 1 rings (SSSR count). The van der Waals surface area contributed by atoms with Crippen molar-refractivity contribution in [2.45, 2.75) is 19.4 Å². The monoisotopic (exact) mass is 224 g/mol. The molecule has 3 nitrogen and oxygen atoms in total. The molecule has 1 aromatic carbocycles. The normalized spacial score (nSPS) is 11.3. The second-order valence-corrected chi connectivity index (χ2v) is 4.18. The fourth-order valence-corrected chi connectivity index (χ4v) is 1.45. The SMILES string of the molecule is CC(C)(O)c1cc(C(=N)Cl)ccc1[B]O. The quantitative estimate of drug-likeness (QED) is 0.523. The molecule has 0 amide bonds. The van der Waals surface area contributed by atoms with Crippen LogP contribution in [0.15, 0.2) is 18.2 Å². The van der Waals surface area contributed by atoms with Crippen molar-refractivity contribution in [1.82, 2.24) is 0 Å². The van der Waals surface area contributed by atoms with E-state index in [0.717, 1.165) is 7.48 Å². The second kappa shape index (κ2) is 4.35. The van der Waals surface area contributed by atoms with Gasteiger partial charge in [0.25, 0.3) is 0 Å². The molecule has 15 heavy (non-hydrogen) atoms. The summed E-state index contributed by atoms with van der Waals surface area (Å²) in [6.07, 6.45) is 0. The molecule has 0 heterocycles. The summed E-state index contributed by atoms with van der Waals surface area (Å²) >= 11 is 5.55. The van der Waals surface area contributed by atoms with Gasteiger partial charge in [-0.05, 0) is 30.9 Å². The highest BCUT2D eigenvalue weighted by Gasteiger charge is 2.20. The Morgan fingerprint density at radius 3 is 2.47 bits per heavy atom. The predicted octanol–water partition coefficient (Wildman–Crippen LogP) is 0.715. The third-order valence-corrected chi connectivity index (χ3v) is 2.32. The smallest absolute Gasteiger partial charge is 0.327 e. The van der Waals surface area contributed by atoms with Crippen LogP contribution in [0.25, 0.3) is 0 Å². The highest BCUT2D eigenvalue weighted by molar-refractivity contribution is 6.68. The summed E-state index contributed by atoms with van der Waals surface area (Å²) in [7, 11) is 0.926. The third-order valence-electron chi connectivity index (χ3n) is 2.10. The van der Waals surface area contributed by atoms with Gasteiger partial charge in [-0.15, -0.1) is 0 Å². The molecule has 0 aliphatic heterocycles. The van der Waals surface area contributed by atoms with Gasteiger partial charge < -0.3 is 10.1 Å². The van der Waals surface area contributed by atoms with E-state index in [9.17, 15) is 5.11 Å². The first-order chi connectivity index (χ1) is 6.86. The van der Waals surface area contributed by atoms with Crippen molar-refractivity contribution in [1.29, 1.82) is 5.41 Å². The zero-order chi connectivity index (χ0) is 11.6. The van der Waals surface area contributed by atoms with Gasteiger partial charge in [0.15, 0.2) is 0 Å². The van der Waals surface area contributed by atoms with Gasteiger partial charge in [0, 0.05) is 5.56 Å². The lowest BCUT2D eigenvalue weighted by Gasteiger charge is -2.21. The van der Waals surface area contributed by atoms with Gasteiger partial charge in [0.2, 0.25) is 0 Å². The molecule has 0 aliphatic carbocycles. The summed E-state index contributed by atoms with van der Waals surface area (Å²) in [4.78, 5) is 0. The Morgan fingerprint density at radius 2 is 2.07 bits per heavy atom. The molecule has 0 unspecified atom stereocenters. The van der Waals surface area contributed by atoms with Crippen LogP contribution in [-0.2, 0) is 5.60 Å². The van der Waals surface area contributed by atoms with E-state index in [2.05, 4.69) is 0 Å². The number of rotatable bonds is 3. The lowest BCUT2D eigenvalue weighted by atomic mass is 9.78. The van der Waals surface area contributed by atoms with Crippen molar-refractivity contribution in [3.05, 3.63) is 29.3 Å². The van der Waals surface area contributed by atoms with Crippen molar-refractivity contribution in [3.8, 4) is 0 Å². The van der Waals surface area contributed by atoms with Crippen LogP contribution in [0.3, 0.4) is 0 Å². The van der Waals surface area contributed by atoms with E-state index in [1.54, 1.807) is 32.0 Å². The number of nitrogens with one attached hydrogen (secondary N) is 1. The van der Waals surface area contributed by atoms with E-state index in [4.69, 9.17) is 22.0 Å². The Kier molecular flexibility index (Phi) is 3.55. The minimum Gasteiger partial charge on any atom is -0.450 e. The number of hydrogen-bond acceptors (Lipinski definition) is 3. The molecule has 0 bridgehead atoms. The van der Waals surface area contributed by atoms with Crippen LogP contribution in [-0.4, -0.2) is 22.8 Å². The first-order valence-corrected chi connectivity index (χ1v) is 4.83. The average molecular weight is 224 g/mol. The summed E-state index contributed by atoms with van der Waals surface area (Å²) < 4.78 is 0.